The number of ether oxygens (including phenoxy) is 1. The normalized spacial score (nSPS) is 16.7. The smallest absolute Gasteiger partial charge is 0.408 e. The zero-order valence-corrected chi connectivity index (χ0v) is 23.1. The highest BCUT2D eigenvalue weighted by Gasteiger charge is 2.42. The minimum atomic E-state index is -0.876. The third-order valence-corrected chi connectivity index (χ3v) is 6.34. The average Bonchev–Trinajstić information content (AvgIpc) is 2.70. The lowest BCUT2D eigenvalue weighted by atomic mass is 9.89. The minimum Gasteiger partial charge on any atom is -0.444 e. The summed E-state index contributed by atoms with van der Waals surface area (Å²) in [6, 6.07) is 4.30. The van der Waals surface area contributed by atoms with E-state index in [0.717, 1.165) is 42.4 Å². The van der Waals surface area contributed by atoms with Crippen LogP contribution in [0.25, 0.3) is 0 Å². The van der Waals surface area contributed by atoms with Gasteiger partial charge in [0.15, 0.2) is 0 Å². The summed E-state index contributed by atoms with van der Waals surface area (Å²) >= 11 is 0. The van der Waals surface area contributed by atoms with Gasteiger partial charge in [-0.1, -0.05) is 37.5 Å². The van der Waals surface area contributed by atoms with E-state index in [0.29, 0.717) is 0 Å². The molecule has 3 amide bonds. The number of carbonyl (C=O) groups excluding carboxylic acids is 3. The molecule has 1 aromatic rings. The van der Waals surface area contributed by atoms with Gasteiger partial charge in [-0.05, 0) is 91.8 Å². The molecule has 2 N–H and O–H groups in total. The Hall–Kier alpha value is -2.57. The van der Waals surface area contributed by atoms with E-state index in [1.54, 1.807) is 32.6 Å². The van der Waals surface area contributed by atoms with Gasteiger partial charge in [0, 0.05) is 11.6 Å². The quantitative estimate of drug-likeness (QED) is 0.567. The van der Waals surface area contributed by atoms with Gasteiger partial charge in [-0.25, -0.2) is 4.79 Å². The molecule has 0 radical (unpaired) electrons. The Morgan fingerprint density at radius 1 is 0.971 bits per heavy atom. The van der Waals surface area contributed by atoms with Gasteiger partial charge in [-0.2, -0.15) is 0 Å². The van der Waals surface area contributed by atoms with Crippen LogP contribution in [0.2, 0.25) is 0 Å². The van der Waals surface area contributed by atoms with Gasteiger partial charge in [0.05, 0.1) is 0 Å². The zero-order valence-electron chi connectivity index (χ0n) is 23.1. The van der Waals surface area contributed by atoms with Gasteiger partial charge < -0.3 is 20.3 Å². The SMILES string of the molecule is Cc1cccc(C)c1C(C(=O)NC1CCCCC1)N(C(=O)C(C)NC(=O)OC(C)(C)C)C(C)(C)C. The molecule has 2 rings (SSSR count). The fourth-order valence-corrected chi connectivity index (χ4v) is 4.76. The summed E-state index contributed by atoms with van der Waals surface area (Å²) in [6.07, 6.45) is 4.61. The Bertz CT molecular complexity index is 888. The molecule has 0 bridgehead atoms. The van der Waals surface area contributed by atoms with E-state index in [2.05, 4.69) is 10.6 Å². The van der Waals surface area contributed by atoms with Gasteiger partial charge in [-0.15, -0.1) is 0 Å². The number of benzene rings is 1. The van der Waals surface area contributed by atoms with Crippen LogP contribution in [0.4, 0.5) is 4.79 Å². The maximum Gasteiger partial charge on any atom is 0.408 e. The molecule has 1 aliphatic rings. The van der Waals surface area contributed by atoms with Crippen LogP contribution in [-0.4, -0.2) is 46.0 Å². The predicted molar refractivity (Wildman–Crippen MR) is 139 cm³/mol. The van der Waals surface area contributed by atoms with Crippen molar-refractivity contribution in [3.05, 3.63) is 34.9 Å². The molecule has 35 heavy (non-hydrogen) atoms. The molecule has 196 valence electrons. The first-order chi connectivity index (χ1) is 16.1. The topological polar surface area (TPSA) is 87.7 Å². The van der Waals surface area contributed by atoms with E-state index in [1.165, 1.54) is 6.42 Å². The molecule has 1 aliphatic carbocycles. The largest absolute Gasteiger partial charge is 0.444 e. The Labute approximate surface area is 211 Å². The first-order valence-corrected chi connectivity index (χ1v) is 12.8. The number of carbonyl (C=O) groups is 3. The first kappa shape index (κ1) is 28.7. The summed E-state index contributed by atoms with van der Waals surface area (Å²) in [5.41, 5.74) is 1.35. The van der Waals surface area contributed by atoms with Crippen molar-refractivity contribution in [2.45, 2.75) is 124 Å². The number of nitrogens with one attached hydrogen (secondary N) is 2. The molecule has 0 aromatic heterocycles. The van der Waals surface area contributed by atoms with Crippen molar-refractivity contribution in [1.29, 1.82) is 0 Å². The number of hydrogen-bond acceptors (Lipinski definition) is 4. The van der Waals surface area contributed by atoms with Crippen LogP contribution in [0.1, 0.15) is 103 Å². The van der Waals surface area contributed by atoms with Gasteiger partial charge in [0.25, 0.3) is 0 Å². The summed E-state index contributed by atoms with van der Waals surface area (Å²) in [5, 5.41) is 5.91. The lowest BCUT2D eigenvalue weighted by Gasteiger charge is -2.44. The van der Waals surface area contributed by atoms with Crippen molar-refractivity contribution < 1.29 is 19.1 Å². The molecule has 1 saturated carbocycles. The van der Waals surface area contributed by atoms with Crippen LogP contribution in [-0.2, 0) is 14.3 Å². The number of alkyl carbamates (subject to hydrolysis) is 1. The van der Waals surface area contributed by atoms with Gasteiger partial charge in [0.1, 0.15) is 17.7 Å². The fraction of sp³-hybridized carbons (Fsp3) is 0.679. The summed E-state index contributed by atoms with van der Waals surface area (Å²) < 4.78 is 5.36. The highest BCUT2D eigenvalue weighted by molar-refractivity contribution is 5.93. The molecule has 0 saturated heterocycles. The highest BCUT2D eigenvalue weighted by atomic mass is 16.6. The molecule has 2 unspecified atom stereocenters. The Kier molecular flexibility index (Phi) is 9.37. The summed E-state index contributed by atoms with van der Waals surface area (Å²) in [5.74, 6) is -0.517. The Morgan fingerprint density at radius 3 is 2.00 bits per heavy atom. The number of hydrogen-bond donors (Lipinski definition) is 2. The molecular formula is C28H45N3O4. The van der Waals surface area contributed by atoms with E-state index < -0.39 is 29.3 Å². The molecule has 7 nitrogen and oxygen atoms in total. The lowest BCUT2D eigenvalue weighted by molar-refractivity contribution is -0.148. The second-order valence-electron chi connectivity index (χ2n) is 11.8. The molecule has 7 heteroatoms. The maximum atomic E-state index is 13.9. The van der Waals surface area contributed by atoms with Crippen molar-refractivity contribution in [1.82, 2.24) is 15.5 Å². The van der Waals surface area contributed by atoms with Crippen LogP contribution < -0.4 is 10.6 Å². The maximum absolute atomic E-state index is 13.9. The van der Waals surface area contributed by atoms with Gasteiger partial charge in [0.2, 0.25) is 11.8 Å². The summed E-state index contributed by atoms with van der Waals surface area (Å²) in [7, 11) is 0. The molecular weight excluding hydrogens is 442 g/mol. The molecule has 0 spiro atoms. The molecule has 1 aromatic carbocycles. The van der Waals surface area contributed by atoms with Gasteiger partial charge in [-0.3, -0.25) is 9.59 Å². The van der Waals surface area contributed by atoms with E-state index in [-0.39, 0.29) is 17.9 Å². The van der Waals surface area contributed by atoms with Crippen LogP contribution >= 0.6 is 0 Å². The van der Waals surface area contributed by atoms with Crippen molar-refractivity contribution in [3.63, 3.8) is 0 Å². The predicted octanol–water partition coefficient (Wildman–Crippen LogP) is 5.33. The van der Waals surface area contributed by atoms with Crippen LogP contribution in [0.5, 0.6) is 0 Å². The van der Waals surface area contributed by atoms with E-state index >= 15 is 0 Å². The molecule has 0 heterocycles. The van der Waals surface area contributed by atoms with E-state index in [1.807, 2.05) is 52.8 Å². The van der Waals surface area contributed by atoms with Crippen molar-refractivity contribution in [2.24, 2.45) is 0 Å². The number of rotatable bonds is 6. The van der Waals surface area contributed by atoms with E-state index in [9.17, 15) is 14.4 Å². The standard InChI is InChI=1S/C28H45N3O4/c1-18-14-13-15-19(2)22(18)23(24(32)30-21-16-11-10-12-17-21)31(27(4,5)6)25(33)20(3)29-26(34)35-28(7,8)9/h13-15,20-21,23H,10-12,16-17H2,1-9H3,(H,29,34)(H,30,32). The Balaban J connectivity index is 2.47. The van der Waals surface area contributed by atoms with Crippen molar-refractivity contribution in [2.75, 3.05) is 0 Å². The lowest BCUT2D eigenvalue weighted by Crippen LogP contribution is -2.58. The van der Waals surface area contributed by atoms with Crippen LogP contribution in [0.15, 0.2) is 18.2 Å². The second-order valence-corrected chi connectivity index (χ2v) is 11.8. The van der Waals surface area contributed by atoms with Crippen molar-refractivity contribution in [3.8, 4) is 0 Å². The fourth-order valence-electron chi connectivity index (χ4n) is 4.76. The van der Waals surface area contributed by atoms with Gasteiger partial charge >= 0.3 is 6.09 Å². The highest BCUT2D eigenvalue weighted by Crippen LogP contribution is 2.34. The number of aryl methyl sites for hydroxylation is 2. The average molecular weight is 488 g/mol. The second kappa shape index (κ2) is 11.4. The molecule has 2 atom stereocenters. The van der Waals surface area contributed by atoms with Crippen molar-refractivity contribution >= 4 is 17.9 Å². The minimum absolute atomic E-state index is 0.109. The first-order valence-electron chi connectivity index (χ1n) is 12.8. The van der Waals surface area contributed by atoms with Crippen LogP contribution in [0, 0.1) is 13.8 Å². The molecule has 1 fully saturated rings. The zero-order chi connectivity index (χ0) is 26.6. The number of amides is 3. The monoisotopic (exact) mass is 487 g/mol. The Morgan fingerprint density at radius 2 is 1.51 bits per heavy atom. The van der Waals surface area contributed by atoms with Crippen LogP contribution in [0.3, 0.4) is 0 Å². The van der Waals surface area contributed by atoms with E-state index in [4.69, 9.17) is 4.74 Å². The third kappa shape index (κ3) is 7.97. The third-order valence-electron chi connectivity index (χ3n) is 6.34. The molecule has 0 aliphatic heterocycles. The summed E-state index contributed by atoms with van der Waals surface area (Å²) in [4.78, 5) is 41.9. The number of nitrogens with zero attached hydrogens (tertiary/aromatic N) is 1. The summed E-state index contributed by atoms with van der Waals surface area (Å²) in [6.45, 7) is 16.6.